The van der Waals surface area contributed by atoms with Crippen molar-refractivity contribution in [3.63, 3.8) is 0 Å². The molecule has 6 nitrogen and oxygen atoms in total. The molecule has 0 aromatic heterocycles. The number of nitrogens with one attached hydrogen (secondary N) is 1. The van der Waals surface area contributed by atoms with Gasteiger partial charge < -0.3 is 25.4 Å². The molecule has 4 N–H and O–H groups in total. The smallest absolute Gasteiger partial charge is 0.223 e. The summed E-state index contributed by atoms with van der Waals surface area (Å²) in [5.74, 6) is -0.0506. The summed E-state index contributed by atoms with van der Waals surface area (Å²) in [5.41, 5.74) is -1.35. The predicted molar refractivity (Wildman–Crippen MR) is 118 cm³/mol. The molecule has 6 heteroatoms. The zero-order valence-corrected chi connectivity index (χ0v) is 18.6. The number of carbonyl (C=O) groups is 1. The number of ether oxygens (including phenoxy) is 1. The van der Waals surface area contributed by atoms with Gasteiger partial charge >= 0.3 is 0 Å². The van der Waals surface area contributed by atoms with Crippen LogP contribution in [0.1, 0.15) is 82.6 Å². The predicted octanol–water partition coefficient (Wildman–Crippen LogP) is 2.80. The SMILES string of the molecule is C[C@]12C[C@@H](c3ccccc3)C[C@](CO)(CC[C@@H](NC(=O)CC3(O)CCCCC3)[C@@H]1O)O2. The molecule has 2 saturated heterocycles. The molecule has 1 amide bonds. The highest BCUT2D eigenvalue weighted by Gasteiger charge is 2.54. The van der Waals surface area contributed by atoms with Gasteiger partial charge in [-0.25, -0.2) is 0 Å². The van der Waals surface area contributed by atoms with E-state index < -0.39 is 28.9 Å². The minimum atomic E-state index is -0.932. The van der Waals surface area contributed by atoms with Gasteiger partial charge in [-0.05, 0) is 56.9 Å². The highest BCUT2D eigenvalue weighted by molar-refractivity contribution is 5.77. The van der Waals surface area contributed by atoms with Gasteiger partial charge in [0.2, 0.25) is 5.91 Å². The van der Waals surface area contributed by atoms with E-state index in [0.717, 1.165) is 19.3 Å². The van der Waals surface area contributed by atoms with Crippen molar-refractivity contribution in [2.24, 2.45) is 0 Å². The summed E-state index contributed by atoms with van der Waals surface area (Å²) in [7, 11) is 0. The van der Waals surface area contributed by atoms with Crippen LogP contribution in [0.15, 0.2) is 30.3 Å². The molecule has 172 valence electrons. The van der Waals surface area contributed by atoms with Gasteiger partial charge in [0.25, 0.3) is 0 Å². The molecule has 2 bridgehead atoms. The van der Waals surface area contributed by atoms with E-state index in [-0.39, 0.29) is 24.9 Å². The molecule has 0 unspecified atom stereocenters. The Morgan fingerprint density at radius 2 is 1.84 bits per heavy atom. The van der Waals surface area contributed by atoms with Gasteiger partial charge in [-0.1, -0.05) is 49.6 Å². The lowest BCUT2D eigenvalue weighted by molar-refractivity contribution is -0.230. The van der Waals surface area contributed by atoms with Gasteiger partial charge in [-0.2, -0.15) is 0 Å². The first kappa shape index (κ1) is 22.7. The summed E-state index contributed by atoms with van der Waals surface area (Å²) in [6, 6.07) is 9.72. The standard InChI is InChI=1S/C25H37NO5/c1-23-14-19(18-8-4-2-5-9-18)15-25(17-27,31-23)13-10-20(22(23)29)26-21(28)16-24(30)11-6-3-7-12-24/h2,4-5,8-9,19-20,22,27,29-30H,3,6-7,10-17H2,1H3,(H,26,28)/t19-,20-,22+,23+,25+/m1/s1. The van der Waals surface area contributed by atoms with Gasteiger partial charge in [0.1, 0.15) is 6.10 Å². The maximum Gasteiger partial charge on any atom is 0.223 e. The van der Waals surface area contributed by atoms with Crippen molar-refractivity contribution in [1.82, 2.24) is 5.32 Å². The van der Waals surface area contributed by atoms with Crippen LogP contribution in [-0.2, 0) is 9.53 Å². The third-order valence-electron chi connectivity index (χ3n) is 7.82. The Bertz CT molecular complexity index is 764. The van der Waals surface area contributed by atoms with Crippen molar-refractivity contribution >= 4 is 5.91 Å². The molecular weight excluding hydrogens is 394 g/mol. The fourth-order valence-corrected chi connectivity index (χ4v) is 6.16. The average molecular weight is 432 g/mol. The lowest BCUT2D eigenvalue weighted by atomic mass is 9.74. The fourth-order valence-electron chi connectivity index (χ4n) is 6.16. The number of hydrogen-bond acceptors (Lipinski definition) is 5. The third kappa shape index (κ3) is 4.82. The van der Waals surface area contributed by atoms with Crippen LogP contribution in [0, 0.1) is 0 Å². The Hall–Kier alpha value is -1.47. The number of aliphatic hydroxyl groups is 3. The molecule has 2 aliphatic heterocycles. The molecule has 1 aliphatic carbocycles. The van der Waals surface area contributed by atoms with E-state index in [4.69, 9.17) is 4.74 Å². The van der Waals surface area contributed by atoms with Crippen molar-refractivity contribution in [1.29, 1.82) is 0 Å². The van der Waals surface area contributed by atoms with Crippen LogP contribution in [0.2, 0.25) is 0 Å². The second kappa shape index (κ2) is 8.81. The van der Waals surface area contributed by atoms with Gasteiger partial charge in [0.05, 0.1) is 35.9 Å². The number of aliphatic hydroxyl groups excluding tert-OH is 2. The van der Waals surface area contributed by atoms with E-state index in [1.165, 1.54) is 5.56 Å². The van der Waals surface area contributed by atoms with Crippen LogP contribution in [0.25, 0.3) is 0 Å². The molecule has 1 aromatic rings. The normalized spacial score (nSPS) is 37.6. The summed E-state index contributed by atoms with van der Waals surface area (Å²) in [5, 5.41) is 35.4. The van der Waals surface area contributed by atoms with Crippen LogP contribution in [0.3, 0.4) is 0 Å². The largest absolute Gasteiger partial charge is 0.393 e. The maximum atomic E-state index is 12.8. The number of fused-ring (bicyclic) bond motifs is 2. The third-order valence-corrected chi connectivity index (χ3v) is 7.82. The Morgan fingerprint density at radius 3 is 2.52 bits per heavy atom. The summed E-state index contributed by atoms with van der Waals surface area (Å²) in [6.45, 7) is 1.79. The molecule has 1 aromatic carbocycles. The molecular formula is C25H37NO5. The van der Waals surface area contributed by atoms with E-state index in [1.807, 2.05) is 25.1 Å². The van der Waals surface area contributed by atoms with Crippen LogP contribution in [0.5, 0.6) is 0 Å². The Kier molecular flexibility index (Phi) is 6.46. The van der Waals surface area contributed by atoms with E-state index in [9.17, 15) is 20.1 Å². The molecule has 1 saturated carbocycles. The fraction of sp³-hybridized carbons (Fsp3) is 0.720. The van der Waals surface area contributed by atoms with Crippen molar-refractivity contribution in [2.75, 3.05) is 6.61 Å². The summed E-state index contributed by atoms with van der Waals surface area (Å²) in [6.07, 6.45) is 5.89. The zero-order chi connectivity index (χ0) is 22.1. The maximum absolute atomic E-state index is 12.8. The van der Waals surface area contributed by atoms with Gasteiger partial charge in [0.15, 0.2) is 0 Å². The summed E-state index contributed by atoms with van der Waals surface area (Å²) >= 11 is 0. The molecule has 31 heavy (non-hydrogen) atoms. The molecule has 0 radical (unpaired) electrons. The Morgan fingerprint density at radius 1 is 1.13 bits per heavy atom. The first-order valence-corrected chi connectivity index (χ1v) is 11.8. The van der Waals surface area contributed by atoms with Crippen LogP contribution in [-0.4, -0.2) is 56.8 Å². The first-order valence-electron chi connectivity index (χ1n) is 11.8. The number of rotatable bonds is 5. The second-order valence-electron chi connectivity index (χ2n) is 10.4. The van der Waals surface area contributed by atoms with Crippen LogP contribution >= 0.6 is 0 Å². The highest BCUT2D eigenvalue weighted by atomic mass is 16.5. The molecule has 5 atom stereocenters. The van der Waals surface area contributed by atoms with E-state index in [1.54, 1.807) is 0 Å². The monoisotopic (exact) mass is 431 g/mol. The molecule has 3 aliphatic rings. The Labute approximate surface area is 185 Å². The van der Waals surface area contributed by atoms with Gasteiger partial charge in [-0.3, -0.25) is 4.79 Å². The molecule has 0 spiro atoms. The number of benzene rings is 1. The van der Waals surface area contributed by atoms with Crippen molar-refractivity contribution < 1.29 is 24.9 Å². The number of carbonyl (C=O) groups excluding carboxylic acids is 1. The van der Waals surface area contributed by atoms with E-state index in [0.29, 0.717) is 38.5 Å². The highest BCUT2D eigenvalue weighted by Crippen LogP contribution is 2.49. The van der Waals surface area contributed by atoms with Crippen molar-refractivity contribution in [3.05, 3.63) is 35.9 Å². The summed E-state index contributed by atoms with van der Waals surface area (Å²) < 4.78 is 6.42. The van der Waals surface area contributed by atoms with E-state index >= 15 is 0 Å². The lowest BCUT2D eigenvalue weighted by Gasteiger charge is -2.49. The minimum absolute atomic E-state index is 0.0750. The molecule has 2 heterocycles. The average Bonchev–Trinajstić information content (AvgIpc) is 2.83. The first-order chi connectivity index (χ1) is 14.8. The lowest BCUT2D eigenvalue weighted by Crippen LogP contribution is -2.59. The van der Waals surface area contributed by atoms with Crippen molar-refractivity contribution in [2.45, 2.75) is 106 Å². The second-order valence-corrected chi connectivity index (χ2v) is 10.4. The van der Waals surface area contributed by atoms with E-state index in [2.05, 4.69) is 17.4 Å². The molecule has 4 rings (SSSR count). The minimum Gasteiger partial charge on any atom is -0.393 e. The quantitative estimate of drug-likeness (QED) is 0.575. The van der Waals surface area contributed by atoms with Crippen molar-refractivity contribution in [3.8, 4) is 0 Å². The number of hydrogen-bond donors (Lipinski definition) is 4. The topological polar surface area (TPSA) is 99.0 Å². The zero-order valence-electron chi connectivity index (χ0n) is 18.6. The van der Waals surface area contributed by atoms with Gasteiger partial charge in [-0.15, -0.1) is 0 Å². The number of amides is 1. The molecule has 3 fully saturated rings. The van der Waals surface area contributed by atoms with Crippen LogP contribution in [0.4, 0.5) is 0 Å². The Balaban J connectivity index is 1.51. The summed E-state index contributed by atoms with van der Waals surface area (Å²) in [4.78, 5) is 12.8. The van der Waals surface area contributed by atoms with Gasteiger partial charge in [0, 0.05) is 0 Å². The van der Waals surface area contributed by atoms with Crippen LogP contribution < -0.4 is 5.32 Å².